The van der Waals surface area contributed by atoms with Gasteiger partial charge in [0, 0.05) is 23.2 Å². The second-order valence-corrected chi connectivity index (χ2v) is 6.45. The maximum absolute atomic E-state index is 12.5. The first-order valence-electron chi connectivity index (χ1n) is 8.30. The van der Waals surface area contributed by atoms with E-state index < -0.39 is 0 Å². The van der Waals surface area contributed by atoms with Crippen LogP contribution in [0.4, 0.5) is 4.79 Å². The lowest BCUT2D eigenvalue weighted by molar-refractivity contribution is 0.150. The van der Waals surface area contributed by atoms with Crippen LogP contribution in [0.15, 0.2) is 54.6 Å². The van der Waals surface area contributed by atoms with Crippen LogP contribution in [0.2, 0.25) is 5.02 Å². The second-order valence-electron chi connectivity index (χ2n) is 6.07. The van der Waals surface area contributed by atoms with Crippen molar-refractivity contribution in [2.45, 2.75) is 19.4 Å². The number of pyridine rings is 1. The molecule has 4 rings (SSSR count). The van der Waals surface area contributed by atoms with Crippen molar-refractivity contribution in [2.75, 3.05) is 6.54 Å². The van der Waals surface area contributed by atoms with Gasteiger partial charge >= 0.3 is 6.09 Å². The number of aromatic nitrogens is 1. The van der Waals surface area contributed by atoms with Crippen molar-refractivity contribution < 1.29 is 9.53 Å². The number of halogens is 1. The quantitative estimate of drug-likeness (QED) is 0.629. The molecule has 2 aromatic carbocycles. The number of nitrogens with zero attached hydrogens (tertiary/aromatic N) is 2. The maximum atomic E-state index is 12.5. The van der Waals surface area contributed by atoms with Gasteiger partial charge in [-0.3, -0.25) is 4.98 Å². The maximum Gasteiger partial charge on any atom is 0.415 e. The fourth-order valence-corrected chi connectivity index (χ4v) is 3.47. The highest BCUT2D eigenvalue weighted by molar-refractivity contribution is 6.36. The Morgan fingerprint density at radius 1 is 1.08 bits per heavy atom. The molecule has 2 heterocycles. The Bertz CT molecular complexity index is 928. The lowest BCUT2D eigenvalue weighted by Gasteiger charge is -2.21. The number of carbonyl (C=O) groups is 1. The number of para-hydroxylation sites is 2. The molecule has 0 radical (unpaired) electrons. The van der Waals surface area contributed by atoms with E-state index in [0.29, 0.717) is 23.9 Å². The predicted octanol–water partition coefficient (Wildman–Crippen LogP) is 4.84. The molecular formula is C20H17ClN2O2. The Morgan fingerprint density at radius 3 is 2.68 bits per heavy atom. The topological polar surface area (TPSA) is 42.4 Å². The number of carbonyl (C=O) groups excluding carboxylic acids is 1. The van der Waals surface area contributed by atoms with Gasteiger partial charge in [-0.2, -0.15) is 0 Å². The van der Waals surface area contributed by atoms with E-state index in [2.05, 4.69) is 0 Å². The third-order valence-electron chi connectivity index (χ3n) is 4.41. The van der Waals surface area contributed by atoms with Crippen molar-refractivity contribution in [3.05, 3.63) is 70.9 Å². The Hall–Kier alpha value is -2.59. The molecule has 0 fully saturated rings. The smallest absolute Gasteiger partial charge is 0.410 e. The van der Waals surface area contributed by atoms with Crippen LogP contribution in [0.3, 0.4) is 0 Å². The monoisotopic (exact) mass is 352 g/mol. The molecular weight excluding hydrogens is 336 g/mol. The molecule has 1 amide bonds. The lowest BCUT2D eigenvalue weighted by atomic mass is 10.1. The van der Waals surface area contributed by atoms with Crippen LogP contribution in [0.1, 0.15) is 17.7 Å². The Balaban J connectivity index is 1.64. The fraction of sp³-hybridized carbons (Fsp3) is 0.200. The summed E-state index contributed by atoms with van der Waals surface area (Å²) < 4.78 is 5.48. The summed E-state index contributed by atoms with van der Waals surface area (Å²) in [5.41, 5.74) is 2.79. The van der Waals surface area contributed by atoms with E-state index in [1.54, 1.807) is 17.0 Å². The van der Waals surface area contributed by atoms with Crippen LogP contribution in [0, 0.1) is 0 Å². The average molecular weight is 353 g/mol. The van der Waals surface area contributed by atoms with Gasteiger partial charge < -0.3 is 9.64 Å². The van der Waals surface area contributed by atoms with Gasteiger partial charge in [0.15, 0.2) is 0 Å². The Morgan fingerprint density at radius 2 is 1.84 bits per heavy atom. The van der Waals surface area contributed by atoms with Crippen molar-refractivity contribution in [3.8, 4) is 5.75 Å². The molecule has 25 heavy (non-hydrogen) atoms. The highest BCUT2D eigenvalue weighted by Gasteiger charge is 2.24. The summed E-state index contributed by atoms with van der Waals surface area (Å²) in [7, 11) is 0. The zero-order chi connectivity index (χ0) is 17.2. The third kappa shape index (κ3) is 3.17. The van der Waals surface area contributed by atoms with E-state index in [1.165, 1.54) is 0 Å². The first kappa shape index (κ1) is 15.9. The molecule has 0 N–H and O–H groups in total. The summed E-state index contributed by atoms with van der Waals surface area (Å²) in [6.07, 6.45) is 1.27. The highest BCUT2D eigenvalue weighted by atomic mass is 35.5. The zero-order valence-corrected chi connectivity index (χ0v) is 14.4. The minimum absolute atomic E-state index is 0.358. The van der Waals surface area contributed by atoms with Gasteiger partial charge in [-0.15, -0.1) is 0 Å². The van der Waals surface area contributed by atoms with Gasteiger partial charge in [0.05, 0.1) is 17.1 Å². The van der Waals surface area contributed by atoms with Crippen LogP contribution in [-0.2, 0) is 13.0 Å². The van der Waals surface area contributed by atoms with E-state index in [-0.39, 0.29) is 6.09 Å². The molecule has 0 unspecified atom stereocenters. The molecule has 0 saturated carbocycles. The van der Waals surface area contributed by atoms with Crippen LogP contribution >= 0.6 is 11.6 Å². The third-order valence-corrected chi connectivity index (χ3v) is 4.84. The minimum atomic E-state index is -0.358. The van der Waals surface area contributed by atoms with E-state index in [0.717, 1.165) is 35.0 Å². The number of rotatable bonds is 1. The minimum Gasteiger partial charge on any atom is -0.410 e. The summed E-state index contributed by atoms with van der Waals surface area (Å²) in [5, 5.41) is 1.60. The van der Waals surface area contributed by atoms with Gasteiger partial charge in [-0.05, 0) is 31.0 Å². The van der Waals surface area contributed by atoms with Gasteiger partial charge in [-0.25, -0.2) is 4.79 Å². The first-order valence-corrected chi connectivity index (χ1v) is 8.68. The standard InChI is InChI=1S/C20H17ClN2O2/c21-19-15-9-4-5-10-17(15)22-18-11-6-12-23(13-16(18)19)20(24)25-14-7-2-1-3-8-14/h1-5,7-10H,6,11-13H2. The van der Waals surface area contributed by atoms with Crippen molar-refractivity contribution >= 4 is 28.6 Å². The normalized spacial score (nSPS) is 14.0. The van der Waals surface area contributed by atoms with Gasteiger partial charge in [0.2, 0.25) is 0 Å². The van der Waals surface area contributed by atoms with E-state index >= 15 is 0 Å². The van der Waals surface area contributed by atoms with Crippen molar-refractivity contribution in [3.63, 3.8) is 0 Å². The summed E-state index contributed by atoms with van der Waals surface area (Å²) in [6.45, 7) is 1.03. The van der Waals surface area contributed by atoms with E-state index in [9.17, 15) is 4.79 Å². The average Bonchev–Trinajstić information content (AvgIpc) is 2.86. The molecule has 4 nitrogen and oxygen atoms in total. The number of aryl methyl sites for hydroxylation is 1. The van der Waals surface area contributed by atoms with Crippen molar-refractivity contribution in [2.24, 2.45) is 0 Å². The summed E-state index contributed by atoms with van der Waals surface area (Å²) in [5.74, 6) is 0.541. The molecule has 126 valence electrons. The highest BCUT2D eigenvalue weighted by Crippen LogP contribution is 2.31. The molecule has 1 aromatic heterocycles. The number of benzene rings is 2. The van der Waals surface area contributed by atoms with Gasteiger partial charge in [0.1, 0.15) is 5.75 Å². The van der Waals surface area contributed by atoms with Crippen LogP contribution < -0.4 is 4.74 Å². The van der Waals surface area contributed by atoms with Crippen molar-refractivity contribution in [1.82, 2.24) is 9.88 Å². The van der Waals surface area contributed by atoms with E-state index in [1.807, 2.05) is 42.5 Å². The predicted molar refractivity (Wildman–Crippen MR) is 98.0 cm³/mol. The SMILES string of the molecule is O=C(Oc1ccccc1)N1CCCc2nc3ccccc3c(Cl)c2C1. The van der Waals surface area contributed by atoms with Gasteiger partial charge in [-0.1, -0.05) is 48.0 Å². The zero-order valence-electron chi connectivity index (χ0n) is 13.6. The van der Waals surface area contributed by atoms with Gasteiger partial charge in [0.25, 0.3) is 0 Å². The Kier molecular flexibility index (Phi) is 4.28. The summed E-state index contributed by atoms with van der Waals surface area (Å²) in [6, 6.07) is 16.9. The molecule has 0 spiro atoms. The first-order chi connectivity index (χ1) is 12.2. The molecule has 1 aliphatic rings. The van der Waals surface area contributed by atoms with Crippen LogP contribution in [0.25, 0.3) is 10.9 Å². The number of hydrogen-bond donors (Lipinski definition) is 0. The lowest BCUT2D eigenvalue weighted by Crippen LogP contribution is -2.33. The van der Waals surface area contributed by atoms with Crippen LogP contribution in [-0.4, -0.2) is 22.5 Å². The van der Waals surface area contributed by atoms with Crippen LogP contribution in [0.5, 0.6) is 5.75 Å². The largest absolute Gasteiger partial charge is 0.415 e. The molecule has 0 atom stereocenters. The molecule has 0 aliphatic carbocycles. The summed E-state index contributed by atoms with van der Waals surface area (Å²) >= 11 is 6.64. The number of ether oxygens (including phenoxy) is 1. The van der Waals surface area contributed by atoms with E-state index in [4.69, 9.17) is 21.3 Å². The molecule has 5 heteroatoms. The number of amides is 1. The molecule has 1 aliphatic heterocycles. The second kappa shape index (κ2) is 6.73. The molecule has 0 bridgehead atoms. The summed E-state index contributed by atoms with van der Waals surface area (Å²) in [4.78, 5) is 19.0. The number of hydrogen-bond acceptors (Lipinski definition) is 3. The fourth-order valence-electron chi connectivity index (χ4n) is 3.14. The van der Waals surface area contributed by atoms with Crippen molar-refractivity contribution in [1.29, 1.82) is 0 Å². The molecule has 0 saturated heterocycles. The molecule has 3 aromatic rings. The Labute approximate surface area is 151 Å². The number of fused-ring (bicyclic) bond motifs is 2.